The molecule has 1 fully saturated rings. The third kappa shape index (κ3) is 6.36. The summed E-state index contributed by atoms with van der Waals surface area (Å²) in [6.07, 6.45) is 3.28. The molecule has 1 saturated heterocycles. The van der Waals surface area contributed by atoms with E-state index in [1.807, 2.05) is 78.9 Å². The smallest absolute Gasteiger partial charge is 0.280 e. The molecule has 13 nitrogen and oxygen atoms in total. The summed E-state index contributed by atoms with van der Waals surface area (Å²) in [5.74, 6) is -1.69. The standard InChI is InChI=1S/C36H41N5O8/c1-22(2)31(43)39-34-38-30-27(32(44)40-34)37-21-41(30)33-28(42)29(45-3)26(49-33)20-48-36(23-12-8-6-9-13-23,24-14-10-7-11-15-24)25-16-18-35(46-4,47-5)19-17-25/h6-18,21-22,26,28-29,33,42H,19-20H2,1-5H3,(H2,38,39,40,43,44)/t26-,28-,29-,33-/m1/s1/i3D. The van der Waals surface area contributed by atoms with Crippen molar-refractivity contribution >= 4 is 23.0 Å². The van der Waals surface area contributed by atoms with E-state index < -0.39 is 48.6 Å². The van der Waals surface area contributed by atoms with Crippen molar-refractivity contribution in [2.75, 3.05) is 33.2 Å². The number of ether oxygens (including phenoxy) is 5. The van der Waals surface area contributed by atoms with E-state index in [1.165, 1.54) is 10.9 Å². The van der Waals surface area contributed by atoms with Crippen LogP contribution in [0.5, 0.6) is 0 Å². The number of hydrogen-bond acceptors (Lipinski definition) is 10. The molecule has 1 aliphatic heterocycles. The molecule has 3 N–H and O–H groups in total. The average Bonchev–Trinajstić information content (AvgIpc) is 3.70. The van der Waals surface area contributed by atoms with Gasteiger partial charge in [-0.05, 0) is 22.8 Å². The van der Waals surface area contributed by atoms with Gasteiger partial charge < -0.3 is 28.8 Å². The molecule has 0 saturated carbocycles. The fourth-order valence-electron chi connectivity index (χ4n) is 6.28. The first-order chi connectivity index (χ1) is 24.2. The lowest BCUT2D eigenvalue weighted by atomic mass is 9.77. The SMILES string of the molecule is [2H]CO[C@H]1[C@@H](O)[C@H](n2cnc3c(=O)[nH]c(NC(=O)C(C)C)nc32)O[C@@H]1COC(C1=CCC(OC)(OC)C=C1)(c1ccccc1)c1ccccc1. The average molecular weight is 673 g/mol. The molecule has 1 amide bonds. The summed E-state index contributed by atoms with van der Waals surface area (Å²) >= 11 is 0. The highest BCUT2D eigenvalue weighted by molar-refractivity contribution is 5.91. The highest BCUT2D eigenvalue weighted by atomic mass is 16.7. The van der Waals surface area contributed by atoms with Crippen LogP contribution in [0.3, 0.4) is 0 Å². The number of methoxy groups -OCH3 is 3. The zero-order chi connectivity index (χ0) is 35.5. The topological polar surface area (TPSA) is 159 Å². The Balaban J connectivity index is 1.38. The second kappa shape index (κ2) is 14.2. The quantitative estimate of drug-likeness (QED) is 0.189. The van der Waals surface area contributed by atoms with Gasteiger partial charge in [-0.15, -0.1) is 0 Å². The first-order valence-corrected chi connectivity index (χ1v) is 15.9. The van der Waals surface area contributed by atoms with Gasteiger partial charge in [0.2, 0.25) is 11.9 Å². The molecule has 0 radical (unpaired) electrons. The number of hydrogen-bond donors (Lipinski definition) is 3. The minimum atomic E-state index is -1.30. The fourth-order valence-corrected chi connectivity index (χ4v) is 6.28. The lowest BCUT2D eigenvalue weighted by molar-refractivity contribution is -0.168. The molecule has 3 heterocycles. The van der Waals surface area contributed by atoms with Gasteiger partial charge in [-0.2, -0.15) is 4.98 Å². The Morgan fingerprint density at radius 2 is 1.84 bits per heavy atom. The van der Waals surface area contributed by atoms with E-state index in [2.05, 4.69) is 20.3 Å². The van der Waals surface area contributed by atoms with E-state index in [1.54, 1.807) is 28.1 Å². The summed E-state index contributed by atoms with van der Waals surface area (Å²) in [5.41, 5.74) is 0.873. The van der Waals surface area contributed by atoms with E-state index in [0.29, 0.717) is 6.42 Å². The predicted molar refractivity (Wildman–Crippen MR) is 181 cm³/mol. The number of aliphatic hydroxyl groups excluding tert-OH is 1. The van der Waals surface area contributed by atoms with Gasteiger partial charge in [-0.1, -0.05) is 86.7 Å². The number of amides is 1. The zero-order valence-corrected chi connectivity index (χ0v) is 27.7. The van der Waals surface area contributed by atoms with E-state index in [9.17, 15) is 14.7 Å². The minimum Gasteiger partial charge on any atom is -0.386 e. The predicted octanol–water partition coefficient (Wildman–Crippen LogP) is 3.82. The van der Waals surface area contributed by atoms with Crippen molar-refractivity contribution in [3.05, 3.63) is 112 Å². The Labute approximate surface area is 284 Å². The van der Waals surface area contributed by atoms with Gasteiger partial charge in [-0.3, -0.25) is 24.5 Å². The Kier molecular flexibility index (Phi) is 9.54. The number of carbonyl (C=O) groups is 1. The molecule has 258 valence electrons. The highest BCUT2D eigenvalue weighted by Gasteiger charge is 2.48. The van der Waals surface area contributed by atoms with Gasteiger partial charge in [0.05, 0.1) is 14.3 Å². The first-order valence-electron chi connectivity index (χ1n) is 16.6. The molecule has 49 heavy (non-hydrogen) atoms. The van der Waals surface area contributed by atoms with Crippen LogP contribution in [0, 0.1) is 5.92 Å². The number of benzene rings is 2. The molecule has 0 bridgehead atoms. The number of aromatic amines is 1. The normalized spacial score (nSPS) is 22.3. The molecule has 1 aliphatic carbocycles. The number of imidazole rings is 1. The van der Waals surface area contributed by atoms with Crippen molar-refractivity contribution in [3.63, 3.8) is 0 Å². The lowest BCUT2D eigenvalue weighted by Gasteiger charge is -2.40. The summed E-state index contributed by atoms with van der Waals surface area (Å²) in [7, 11) is 2.73. The van der Waals surface area contributed by atoms with E-state index in [4.69, 9.17) is 25.1 Å². The van der Waals surface area contributed by atoms with Crippen LogP contribution in [0.2, 0.25) is 0 Å². The third-order valence-corrected chi connectivity index (χ3v) is 9.02. The molecule has 13 heteroatoms. The number of H-pyrrole nitrogens is 1. The maximum absolute atomic E-state index is 12.9. The fraction of sp³-hybridized carbons (Fsp3) is 0.389. The largest absolute Gasteiger partial charge is 0.386 e. The van der Waals surface area contributed by atoms with Gasteiger partial charge in [0.15, 0.2) is 23.2 Å². The van der Waals surface area contributed by atoms with Gasteiger partial charge in [-0.25, -0.2) is 4.98 Å². The maximum atomic E-state index is 12.9. The highest BCUT2D eigenvalue weighted by Crippen LogP contribution is 2.45. The van der Waals surface area contributed by atoms with Crippen molar-refractivity contribution in [2.24, 2.45) is 5.92 Å². The van der Waals surface area contributed by atoms with Crippen LogP contribution in [-0.4, -0.2) is 82.5 Å². The molecule has 6 rings (SSSR count). The number of aliphatic hydroxyl groups is 1. The van der Waals surface area contributed by atoms with Crippen LogP contribution in [0.25, 0.3) is 11.2 Å². The summed E-state index contributed by atoms with van der Waals surface area (Å²) in [4.78, 5) is 36.4. The third-order valence-electron chi connectivity index (χ3n) is 9.02. The van der Waals surface area contributed by atoms with Crippen molar-refractivity contribution in [3.8, 4) is 0 Å². The summed E-state index contributed by atoms with van der Waals surface area (Å²) in [5, 5.41) is 14.2. The monoisotopic (exact) mass is 672 g/mol. The number of aromatic nitrogens is 4. The number of carbonyl (C=O) groups excluding carboxylic acids is 1. The molecule has 2 aromatic carbocycles. The van der Waals surface area contributed by atoms with Crippen LogP contribution < -0.4 is 10.9 Å². The lowest BCUT2D eigenvalue weighted by Crippen LogP contribution is -2.41. The Hall–Kier alpha value is -4.50. The van der Waals surface area contributed by atoms with Crippen LogP contribution in [-0.2, 0) is 34.1 Å². The maximum Gasteiger partial charge on any atom is 0.280 e. The van der Waals surface area contributed by atoms with Crippen molar-refractivity contribution in [1.82, 2.24) is 19.5 Å². The van der Waals surface area contributed by atoms with Gasteiger partial charge in [0.1, 0.15) is 23.9 Å². The molecular formula is C36H41N5O8. The van der Waals surface area contributed by atoms with E-state index in [0.717, 1.165) is 16.7 Å². The molecule has 2 aliphatic rings. The number of anilines is 1. The van der Waals surface area contributed by atoms with E-state index >= 15 is 0 Å². The summed E-state index contributed by atoms with van der Waals surface area (Å²) in [6.45, 7) is 3.35. The molecule has 2 aromatic heterocycles. The molecule has 0 unspecified atom stereocenters. The van der Waals surface area contributed by atoms with Crippen LogP contribution in [0.4, 0.5) is 5.95 Å². The van der Waals surface area contributed by atoms with Crippen molar-refractivity contribution in [1.29, 1.82) is 0 Å². The minimum absolute atomic E-state index is 0.00704. The van der Waals surface area contributed by atoms with Crippen LogP contribution in [0.15, 0.2) is 95.6 Å². The second-order valence-corrected chi connectivity index (χ2v) is 12.2. The summed E-state index contributed by atoms with van der Waals surface area (Å²) in [6, 6.07) is 19.5. The van der Waals surface area contributed by atoms with Gasteiger partial charge in [0.25, 0.3) is 5.56 Å². The Bertz CT molecular complexity index is 1870. The van der Waals surface area contributed by atoms with Crippen LogP contribution >= 0.6 is 0 Å². The summed E-state index contributed by atoms with van der Waals surface area (Å²) < 4.78 is 39.8. The first kappa shape index (κ1) is 33.0. The molecular weight excluding hydrogens is 630 g/mol. The van der Waals surface area contributed by atoms with Gasteiger partial charge >= 0.3 is 0 Å². The number of rotatable bonds is 12. The molecule has 4 aromatic rings. The number of nitrogens with zero attached hydrogens (tertiary/aromatic N) is 3. The second-order valence-electron chi connectivity index (χ2n) is 12.2. The van der Waals surface area contributed by atoms with Gasteiger partial charge in [0, 0.05) is 33.6 Å². The van der Waals surface area contributed by atoms with Crippen molar-refractivity contribution < 1.29 is 35.0 Å². The number of fused-ring (bicyclic) bond motifs is 1. The van der Waals surface area contributed by atoms with E-state index in [-0.39, 0.29) is 35.5 Å². The van der Waals surface area contributed by atoms with Crippen LogP contribution in [0.1, 0.15) is 39.0 Å². The Morgan fingerprint density at radius 1 is 1.16 bits per heavy atom. The Morgan fingerprint density at radius 3 is 2.41 bits per heavy atom. The van der Waals surface area contributed by atoms with Crippen molar-refractivity contribution in [2.45, 2.75) is 56.2 Å². The zero-order valence-electron chi connectivity index (χ0n) is 28.7. The number of nitrogens with one attached hydrogen (secondary N) is 2. The molecule has 0 spiro atoms. The molecule has 4 atom stereocenters.